The largest absolute Gasteiger partial charge is 0.396 e. The molecular weight excluding hydrogens is 469 g/mol. The lowest BCUT2D eigenvalue weighted by Crippen LogP contribution is -2.31. The highest BCUT2D eigenvalue weighted by atomic mass is 35.5. The molecule has 3 rings (SSSR count). The van der Waals surface area contributed by atoms with Gasteiger partial charge in [-0.25, -0.2) is 0 Å². The van der Waals surface area contributed by atoms with Crippen LogP contribution < -0.4 is 10.6 Å². The van der Waals surface area contributed by atoms with E-state index in [1.54, 1.807) is 0 Å². The number of hydrogen-bond acceptors (Lipinski definition) is 4. The van der Waals surface area contributed by atoms with Crippen molar-refractivity contribution in [2.45, 2.75) is 52.0 Å². The molecule has 0 aromatic heterocycles. The fraction of sp³-hybridized carbons (Fsp3) is 0.481. The minimum absolute atomic E-state index is 0.0256. The van der Waals surface area contributed by atoms with Crippen LogP contribution in [0.3, 0.4) is 0 Å². The monoisotopic (exact) mass is 505 g/mol. The molecule has 0 aliphatic carbocycles. The number of aliphatic hydroxyl groups excluding tert-OH is 1. The molecule has 3 atom stereocenters. The number of nitrogens with one attached hydrogen (secondary N) is 2. The van der Waals surface area contributed by atoms with Crippen LogP contribution in [0.1, 0.15) is 51.5 Å². The molecule has 3 unspecified atom stereocenters. The topological polar surface area (TPSA) is 85.2 Å². The SMILES string of the molecule is CC(C)(C)CC1NCC(c2cccc(Cl)c2)C1C#N.Clc1ccccc1.O=CNCCCCO. The lowest BCUT2D eigenvalue weighted by atomic mass is 9.79. The Labute approximate surface area is 214 Å². The van der Waals surface area contributed by atoms with Gasteiger partial charge in [-0.1, -0.05) is 74.3 Å². The normalized spacial score (nSPS) is 19.0. The summed E-state index contributed by atoms with van der Waals surface area (Å²) < 4.78 is 0. The molecule has 1 amide bonds. The lowest BCUT2D eigenvalue weighted by molar-refractivity contribution is -0.109. The molecule has 186 valence electrons. The summed E-state index contributed by atoms with van der Waals surface area (Å²) >= 11 is 11.6. The Morgan fingerprint density at radius 3 is 2.29 bits per heavy atom. The van der Waals surface area contributed by atoms with E-state index in [1.165, 1.54) is 5.56 Å². The van der Waals surface area contributed by atoms with E-state index in [4.69, 9.17) is 28.3 Å². The third kappa shape index (κ3) is 12.4. The average Bonchev–Trinajstić information content (AvgIpc) is 3.19. The number of halogens is 2. The Morgan fingerprint density at radius 1 is 1.12 bits per heavy atom. The molecule has 2 aromatic rings. The quantitative estimate of drug-likeness (QED) is 0.327. The van der Waals surface area contributed by atoms with Crippen molar-refractivity contribution in [1.29, 1.82) is 5.26 Å². The van der Waals surface area contributed by atoms with Crippen molar-refractivity contribution in [3.8, 4) is 6.07 Å². The maximum atomic E-state index is 9.59. The molecular formula is C27H37Cl2N3O2. The van der Waals surface area contributed by atoms with Crippen molar-refractivity contribution in [1.82, 2.24) is 10.6 Å². The van der Waals surface area contributed by atoms with E-state index in [2.05, 4.69) is 43.5 Å². The smallest absolute Gasteiger partial charge is 0.207 e. The first-order valence-electron chi connectivity index (χ1n) is 11.6. The van der Waals surface area contributed by atoms with Gasteiger partial charge in [0.15, 0.2) is 0 Å². The molecule has 2 aromatic carbocycles. The van der Waals surface area contributed by atoms with E-state index in [9.17, 15) is 10.1 Å². The van der Waals surface area contributed by atoms with E-state index >= 15 is 0 Å². The number of aliphatic hydroxyl groups is 1. The van der Waals surface area contributed by atoms with E-state index in [-0.39, 0.29) is 29.9 Å². The first-order chi connectivity index (χ1) is 16.2. The lowest BCUT2D eigenvalue weighted by Gasteiger charge is -2.25. The van der Waals surface area contributed by atoms with Crippen LogP contribution in [-0.2, 0) is 4.79 Å². The van der Waals surface area contributed by atoms with Crippen LogP contribution in [0.4, 0.5) is 0 Å². The molecule has 1 heterocycles. The van der Waals surface area contributed by atoms with Gasteiger partial charge >= 0.3 is 0 Å². The van der Waals surface area contributed by atoms with Crippen molar-refractivity contribution in [2.75, 3.05) is 19.7 Å². The summed E-state index contributed by atoms with van der Waals surface area (Å²) in [5.74, 6) is 0.272. The number of nitrogens with zero attached hydrogens (tertiary/aromatic N) is 1. The minimum Gasteiger partial charge on any atom is -0.396 e. The van der Waals surface area contributed by atoms with Crippen molar-refractivity contribution >= 4 is 29.6 Å². The van der Waals surface area contributed by atoms with Gasteiger partial charge in [0.05, 0.1) is 12.0 Å². The van der Waals surface area contributed by atoms with Crippen LogP contribution in [0.25, 0.3) is 0 Å². The van der Waals surface area contributed by atoms with Crippen LogP contribution in [0, 0.1) is 22.7 Å². The van der Waals surface area contributed by atoms with Crippen molar-refractivity contribution < 1.29 is 9.90 Å². The Hall–Kier alpha value is -2.10. The molecule has 0 spiro atoms. The minimum atomic E-state index is 0.0256. The van der Waals surface area contributed by atoms with E-state index in [1.807, 2.05) is 48.5 Å². The third-order valence-corrected chi connectivity index (χ3v) is 5.76. The summed E-state index contributed by atoms with van der Waals surface area (Å²) in [6.45, 7) is 8.39. The molecule has 0 saturated carbocycles. The van der Waals surface area contributed by atoms with Crippen molar-refractivity contribution in [3.63, 3.8) is 0 Å². The Morgan fingerprint density at radius 2 is 1.79 bits per heavy atom. The zero-order valence-electron chi connectivity index (χ0n) is 20.3. The zero-order valence-corrected chi connectivity index (χ0v) is 21.8. The summed E-state index contributed by atoms with van der Waals surface area (Å²) in [6, 6.07) is 20.1. The number of amides is 1. The van der Waals surface area contributed by atoms with Crippen molar-refractivity contribution in [2.24, 2.45) is 11.3 Å². The van der Waals surface area contributed by atoms with Crippen LogP contribution in [0.2, 0.25) is 10.0 Å². The molecule has 1 aliphatic heterocycles. The van der Waals surface area contributed by atoms with Gasteiger partial charge in [0.2, 0.25) is 6.41 Å². The van der Waals surface area contributed by atoms with Crippen LogP contribution in [0.15, 0.2) is 54.6 Å². The Kier molecular flexibility index (Phi) is 14.5. The maximum Gasteiger partial charge on any atom is 0.207 e. The molecule has 34 heavy (non-hydrogen) atoms. The van der Waals surface area contributed by atoms with Gasteiger partial charge < -0.3 is 15.7 Å². The molecule has 5 nitrogen and oxygen atoms in total. The second-order valence-electron chi connectivity index (χ2n) is 9.39. The van der Waals surface area contributed by atoms with Gasteiger partial charge in [0, 0.05) is 41.7 Å². The highest BCUT2D eigenvalue weighted by Crippen LogP contribution is 2.37. The summed E-state index contributed by atoms with van der Waals surface area (Å²) in [5.41, 5.74) is 1.40. The number of hydrogen-bond donors (Lipinski definition) is 3. The Bertz CT molecular complexity index is 866. The molecule has 1 aliphatic rings. The third-order valence-electron chi connectivity index (χ3n) is 5.27. The first-order valence-corrected chi connectivity index (χ1v) is 12.3. The predicted molar refractivity (Wildman–Crippen MR) is 141 cm³/mol. The molecule has 0 radical (unpaired) electrons. The standard InChI is InChI=1S/C16H21ClN2.C6H5Cl.C5H11NO2/c1-16(2,3)8-15-13(9-18)14(10-19-15)11-5-4-6-12(17)7-11;7-6-4-2-1-3-5-6;7-4-2-1-3-6-5-8/h4-7,13-15,19H,8,10H2,1-3H3;1-5H;5,7H,1-4H2,(H,6,8). The maximum absolute atomic E-state index is 9.59. The fourth-order valence-electron chi connectivity index (χ4n) is 3.73. The number of unbranched alkanes of at least 4 members (excludes halogenated alkanes) is 1. The molecule has 1 saturated heterocycles. The summed E-state index contributed by atoms with van der Waals surface area (Å²) in [4.78, 5) is 9.59. The number of rotatable bonds is 7. The molecule has 0 bridgehead atoms. The zero-order chi connectivity index (χ0) is 25.4. The number of benzene rings is 2. The average molecular weight is 507 g/mol. The second-order valence-corrected chi connectivity index (χ2v) is 10.3. The van der Waals surface area contributed by atoms with E-state index < -0.39 is 0 Å². The molecule has 7 heteroatoms. The number of nitriles is 1. The number of carbonyl (C=O) groups excluding carboxylic acids is 1. The van der Waals surface area contributed by atoms with Crippen LogP contribution >= 0.6 is 23.2 Å². The summed E-state index contributed by atoms with van der Waals surface area (Å²) in [5, 5.41) is 25.3. The van der Waals surface area contributed by atoms with E-state index in [0.29, 0.717) is 13.0 Å². The Balaban J connectivity index is 0.000000317. The van der Waals surface area contributed by atoms with Crippen molar-refractivity contribution in [3.05, 3.63) is 70.2 Å². The summed E-state index contributed by atoms with van der Waals surface area (Å²) in [6.07, 6.45) is 3.30. The molecule has 1 fully saturated rings. The van der Waals surface area contributed by atoms with Crippen LogP contribution in [-0.4, -0.2) is 37.3 Å². The van der Waals surface area contributed by atoms with Gasteiger partial charge in [-0.05, 0) is 54.5 Å². The van der Waals surface area contributed by atoms with Gasteiger partial charge in [0.25, 0.3) is 0 Å². The predicted octanol–water partition coefficient (Wildman–Crippen LogP) is 5.82. The van der Waals surface area contributed by atoms with Gasteiger partial charge in [-0.2, -0.15) is 5.26 Å². The summed E-state index contributed by atoms with van der Waals surface area (Å²) in [7, 11) is 0. The molecule has 3 N–H and O–H groups in total. The van der Waals surface area contributed by atoms with Gasteiger partial charge in [0.1, 0.15) is 0 Å². The highest BCUT2D eigenvalue weighted by molar-refractivity contribution is 6.30. The van der Waals surface area contributed by atoms with E-state index in [0.717, 1.165) is 35.9 Å². The highest BCUT2D eigenvalue weighted by Gasteiger charge is 2.38. The van der Waals surface area contributed by atoms with Crippen LogP contribution in [0.5, 0.6) is 0 Å². The fourth-order valence-corrected chi connectivity index (χ4v) is 4.07. The van der Waals surface area contributed by atoms with Gasteiger partial charge in [-0.15, -0.1) is 0 Å². The van der Waals surface area contributed by atoms with Gasteiger partial charge in [-0.3, -0.25) is 4.79 Å². The second kappa shape index (κ2) is 16.5. The number of carbonyl (C=O) groups is 1. The first kappa shape index (κ1) is 29.9.